The molecule has 0 spiro atoms. The van der Waals surface area contributed by atoms with E-state index in [0.29, 0.717) is 42.0 Å². The van der Waals surface area contributed by atoms with Crippen molar-refractivity contribution in [2.75, 3.05) is 18.4 Å². The van der Waals surface area contributed by atoms with Crippen molar-refractivity contribution in [2.45, 2.75) is 25.3 Å². The maximum Gasteiger partial charge on any atom is 0.244 e. The van der Waals surface area contributed by atoms with Gasteiger partial charge in [-0.2, -0.15) is 4.31 Å². The molecule has 2 aromatic carbocycles. The molecule has 0 aliphatic heterocycles. The van der Waals surface area contributed by atoms with E-state index in [1.807, 2.05) is 12.1 Å². The maximum absolute atomic E-state index is 12.8. The Labute approximate surface area is 180 Å². The van der Waals surface area contributed by atoms with Crippen LogP contribution in [0.4, 0.5) is 5.69 Å². The average Bonchev–Trinajstić information content (AvgIpc) is 3.17. The van der Waals surface area contributed by atoms with Crippen LogP contribution < -0.4 is 5.32 Å². The summed E-state index contributed by atoms with van der Waals surface area (Å²) in [5, 5.41) is 3.96. The maximum atomic E-state index is 12.8. The predicted molar refractivity (Wildman–Crippen MR) is 116 cm³/mol. The van der Waals surface area contributed by atoms with Crippen LogP contribution in [0.3, 0.4) is 0 Å². The number of nitrogens with one attached hydrogen (secondary N) is 1. The fraction of sp³-hybridized carbons (Fsp3) is 0.250. The van der Waals surface area contributed by atoms with E-state index in [0.717, 1.165) is 5.56 Å². The standard InChI is InChI=1S/C20H21Cl2N3O3S/c1-3-25(4-2)29(26,27)19-11-16(9-10-17(19)22)23-13-20-24-12-18(28-20)14-5-7-15(21)8-6-14/h5-12,23H,3-4,13H2,1-2H3. The zero-order valence-electron chi connectivity index (χ0n) is 16.0. The number of nitrogens with zero attached hydrogens (tertiary/aromatic N) is 2. The summed E-state index contributed by atoms with van der Waals surface area (Å²) in [7, 11) is -3.66. The van der Waals surface area contributed by atoms with Gasteiger partial charge in [0.2, 0.25) is 15.9 Å². The summed E-state index contributed by atoms with van der Waals surface area (Å²) in [6.07, 6.45) is 1.64. The number of rotatable bonds is 8. The molecule has 29 heavy (non-hydrogen) atoms. The Morgan fingerprint density at radius 2 is 1.76 bits per heavy atom. The number of anilines is 1. The number of benzene rings is 2. The van der Waals surface area contributed by atoms with Crippen molar-refractivity contribution < 1.29 is 12.8 Å². The van der Waals surface area contributed by atoms with E-state index >= 15 is 0 Å². The largest absolute Gasteiger partial charge is 0.439 e. The van der Waals surface area contributed by atoms with Crippen LogP contribution >= 0.6 is 23.2 Å². The van der Waals surface area contributed by atoms with Gasteiger partial charge in [0.1, 0.15) is 4.90 Å². The first-order valence-corrected chi connectivity index (χ1v) is 11.3. The monoisotopic (exact) mass is 453 g/mol. The van der Waals surface area contributed by atoms with Gasteiger partial charge in [-0.1, -0.05) is 37.0 Å². The third-order valence-corrected chi connectivity index (χ3v) is 7.16. The van der Waals surface area contributed by atoms with E-state index in [4.69, 9.17) is 27.6 Å². The second kappa shape index (κ2) is 9.17. The summed E-state index contributed by atoms with van der Waals surface area (Å²) < 4.78 is 32.7. The Morgan fingerprint density at radius 3 is 2.41 bits per heavy atom. The molecule has 1 heterocycles. The quantitative estimate of drug-likeness (QED) is 0.501. The molecule has 9 heteroatoms. The minimum Gasteiger partial charge on any atom is -0.439 e. The average molecular weight is 454 g/mol. The molecule has 0 bridgehead atoms. The third kappa shape index (κ3) is 4.93. The number of hydrogen-bond donors (Lipinski definition) is 1. The Morgan fingerprint density at radius 1 is 1.07 bits per heavy atom. The highest BCUT2D eigenvalue weighted by Crippen LogP contribution is 2.28. The molecule has 3 rings (SSSR count). The number of aromatic nitrogens is 1. The van der Waals surface area contributed by atoms with Crippen LogP contribution in [-0.2, 0) is 16.6 Å². The topological polar surface area (TPSA) is 75.4 Å². The fourth-order valence-corrected chi connectivity index (χ4v) is 4.92. The van der Waals surface area contributed by atoms with Crippen molar-refractivity contribution in [3.63, 3.8) is 0 Å². The highest BCUT2D eigenvalue weighted by Gasteiger charge is 2.24. The molecule has 1 aromatic heterocycles. The van der Waals surface area contributed by atoms with Crippen LogP contribution in [0.5, 0.6) is 0 Å². The molecular weight excluding hydrogens is 433 g/mol. The van der Waals surface area contributed by atoms with Crippen molar-refractivity contribution in [1.82, 2.24) is 9.29 Å². The van der Waals surface area contributed by atoms with Gasteiger partial charge >= 0.3 is 0 Å². The SMILES string of the molecule is CCN(CC)S(=O)(=O)c1cc(NCc2ncc(-c3ccc(Cl)cc3)o2)ccc1Cl. The molecule has 0 unspecified atom stereocenters. The molecule has 0 atom stereocenters. The number of sulfonamides is 1. The Hall–Kier alpha value is -2.06. The highest BCUT2D eigenvalue weighted by molar-refractivity contribution is 7.89. The lowest BCUT2D eigenvalue weighted by molar-refractivity contribution is 0.445. The summed E-state index contributed by atoms with van der Waals surface area (Å²) in [6, 6.07) is 12.1. The molecule has 1 N–H and O–H groups in total. The zero-order chi connectivity index (χ0) is 21.0. The van der Waals surface area contributed by atoms with Crippen molar-refractivity contribution in [2.24, 2.45) is 0 Å². The van der Waals surface area contributed by atoms with Gasteiger partial charge in [-0.15, -0.1) is 0 Å². The van der Waals surface area contributed by atoms with Crippen LogP contribution in [0.25, 0.3) is 11.3 Å². The van der Waals surface area contributed by atoms with Crippen molar-refractivity contribution in [1.29, 1.82) is 0 Å². The van der Waals surface area contributed by atoms with Crippen LogP contribution in [-0.4, -0.2) is 30.8 Å². The second-order valence-electron chi connectivity index (χ2n) is 6.21. The van der Waals surface area contributed by atoms with E-state index in [1.54, 1.807) is 44.3 Å². The summed E-state index contributed by atoms with van der Waals surface area (Å²) >= 11 is 12.1. The molecule has 0 saturated carbocycles. The summed E-state index contributed by atoms with van der Waals surface area (Å²) in [5.41, 5.74) is 1.47. The lowest BCUT2D eigenvalue weighted by Gasteiger charge is -2.19. The fourth-order valence-electron chi connectivity index (χ4n) is 2.83. The predicted octanol–water partition coefficient (Wildman–Crippen LogP) is 5.29. The van der Waals surface area contributed by atoms with Crippen molar-refractivity contribution in [3.05, 3.63) is 64.6 Å². The second-order valence-corrected chi connectivity index (χ2v) is 8.96. The summed E-state index contributed by atoms with van der Waals surface area (Å²) in [4.78, 5) is 4.33. The van der Waals surface area contributed by atoms with Gasteiger partial charge in [-0.25, -0.2) is 13.4 Å². The van der Waals surface area contributed by atoms with Crippen LogP contribution in [0, 0.1) is 0 Å². The molecule has 154 valence electrons. The first kappa shape index (κ1) is 21.6. The van der Waals surface area contributed by atoms with Gasteiger partial charge in [0.15, 0.2) is 5.76 Å². The van der Waals surface area contributed by atoms with E-state index in [9.17, 15) is 8.42 Å². The van der Waals surface area contributed by atoms with E-state index in [1.165, 1.54) is 10.4 Å². The van der Waals surface area contributed by atoms with E-state index in [-0.39, 0.29) is 9.92 Å². The number of halogens is 2. The lowest BCUT2D eigenvalue weighted by atomic mass is 10.2. The molecule has 0 aliphatic rings. The van der Waals surface area contributed by atoms with Crippen molar-refractivity contribution >= 4 is 38.9 Å². The van der Waals surface area contributed by atoms with Gasteiger partial charge < -0.3 is 9.73 Å². The molecule has 0 saturated heterocycles. The van der Waals surface area contributed by atoms with Gasteiger partial charge in [0, 0.05) is 29.4 Å². The number of hydrogen-bond acceptors (Lipinski definition) is 5. The van der Waals surface area contributed by atoms with Crippen LogP contribution in [0.1, 0.15) is 19.7 Å². The molecule has 0 fully saturated rings. The molecule has 0 radical (unpaired) electrons. The Balaban J connectivity index is 1.76. The van der Waals surface area contributed by atoms with Crippen LogP contribution in [0.15, 0.2) is 58.0 Å². The molecule has 6 nitrogen and oxygen atoms in total. The zero-order valence-corrected chi connectivity index (χ0v) is 18.4. The third-order valence-electron chi connectivity index (χ3n) is 4.38. The van der Waals surface area contributed by atoms with E-state index in [2.05, 4.69) is 10.3 Å². The van der Waals surface area contributed by atoms with Gasteiger partial charge in [-0.05, 0) is 42.5 Å². The van der Waals surface area contributed by atoms with Gasteiger partial charge in [0.25, 0.3) is 0 Å². The first-order valence-electron chi connectivity index (χ1n) is 9.09. The molecule has 0 aliphatic carbocycles. The summed E-state index contributed by atoms with van der Waals surface area (Å²) in [6.45, 7) is 4.61. The number of oxazole rings is 1. The molecular formula is C20H21Cl2N3O3S. The Bertz CT molecular complexity index is 1080. The smallest absolute Gasteiger partial charge is 0.244 e. The highest BCUT2D eigenvalue weighted by atomic mass is 35.5. The first-order chi connectivity index (χ1) is 13.8. The van der Waals surface area contributed by atoms with Gasteiger partial charge in [0.05, 0.1) is 17.8 Å². The Kier molecular flexibility index (Phi) is 6.85. The van der Waals surface area contributed by atoms with E-state index < -0.39 is 10.0 Å². The molecule has 3 aromatic rings. The summed E-state index contributed by atoms with van der Waals surface area (Å²) in [5.74, 6) is 1.09. The minimum atomic E-state index is -3.66. The normalized spacial score (nSPS) is 11.8. The molecule has 0 amide bonds. The minimum absolute atomic E-state index is 0.0714. The van der Waals surface area contributed by atoms with Gasteiger partial charge in [-0.3, -0.25) is 0 Å². The van der Waals surface area contributed by atoms with Crippen molar-refractivity contribution in [3.8, 4) is 11.3 Å². The van der Waals surface area contributed by atoms with Crippen LogP contribution in [0.2, 0.25) is 10.0 Å². The lowest BCUT2D eigenvalue weighted by Crippen LogP contribution is -2.30.